The molecule has 41 nitrogen and oxygen atoms in total. The molecule has 520 valence electrons. The highest BCUT2D eigenvalue weighted by Gasteiger charge is 2.59. The first-order chi connectivity index (χ1) is 42.2. The average Bonchev–Trinajstić information content (AvgIpc) is 1.03. The zero-order chi connectivity index (χ0) is 65.4. The van der Waals surface area contributed by atoms with E-state index in [0.717, 1.165) is 0 Å². The summed E-state index contributed by atoms with van der Waals surface area (Å²) >= 11 is 0. The Balaban J connectivity index is 1.02. The largest absolute Gasteiger partial charge is 0.394 e. The monoisotopic (exact) mass is 1310 g/mol. The van der Waals surface area contributed by atoms with Crippen molar-refractivity contribution in [3.8, 4) is 0 Å². The van der Waals surface area contributed by atoms with Gasteiger partial charge in [-0.2, -0.15) is 0 Å². The second kappa shape index (κ2) is 31.5. The van der Waals surface area contributed by atoms with E-state index >= 15 is 0 Å². The lowest BCUT2D eigenvalue weighted by atomic mass is 9.95. The van der Waals surface area contributed by atoms with Crippen LogP contribution in [0.4, 0.5) is 0 Å². The average molecular weight is 1320 g/mol. The third-order valence-corrected chi connectivity index (χ3v) is 16.6. The van der Waals surface area contributed by atoms with E-state index in [1.54, 1.807) is 0 Å². The quantitative estimate of drug-likeness (QED) is 0.0479. The SMILES string of the molecule is OC[C@H]1O[C@H](O[C@@H]2[C@H](O)[C@@H](OC[C@H]3O[C@H](O)[C@@H](O)[C@@H](O[C@H]4O[C@H](CO)[C@@H](O)[C@H](O)[C@@H]4O[C@H]4O[C@H](CO)[C@@H](O)[C@H](O)[C@@H]4O[C@H]4O[C@H](CO)[C@@H](O)[C@H](O)[C@@H]4O)[C@@H]3O)O[C@H](CO[C@H]3O[C@H](CO)[C@@H](O)[C@H](O)[C@@H]3O[C@H]3O[C@H](CO)[C@@H](O)[C@H](O)[C@@H]3O)[C@H]2O)[C@@H](O)[C@@H](O)[C@@H]1O. The summed E-state index contributed by atoms with van der Waals surface area (Å²) in [6.07, 6.45) is -81.6. The smallest absolute Gasteiger partial charge is 0.187 e. The Labute approximate surface area is 501 Å². The van der Waals surface area contributed by atoms with Crippen LogP contribution in [0.1, 0.15) is 0 Å². The van der Waals surface area contributed by atoms with Crippen LogP contribution in [0.3, 0.4) is 0 Å². The van der Waals surface area contributed by atoms with Gasteiger partial charge in [-0.3, -0.25) is 0 Å². The second-order valence-electron chi connectivity index (χ2n) is 22.5. The Kier molecular flexibility index (Phi) is 25.9. The van der Waals surface area contributed by atoms with Crippen LogP contribution >= 0.6 is 0 Å². The van der Waals surface area contributed by atoms with Crippen molar-refractivity contribution in [1.82, 2.24) is 0 Å². The summed E-state index contributed by atoms with van der Waals surface area (Å²) in [6.45, 7) is -8.05. The summed E-state index contributed by atoms with van der Waals surface area (Å²) in [5.74, 6) is 0. The highest BCUT2D eigenvalue weighted by molar-refractivity contribution is 5.01. The molecule has 8 aliphatic rings. The van der Waals surface area contributed by atoms with E-state index in [-0.39, 0.29) is 0 Å². The molecule has 0 aliphatic carbocycles. The van der Waals surface area contributed by atoms with Crippen molar-refractivity contribution >= 4 is 0 Å². The van der Waals surface area contributed by atoms with E-state index < -0.39 is 299 Å². The van der Waals surface area contributed by atoms with Crippen LogP contribution in [0.5, 0.6) is 0 Å². The van der Waals surface area contributed by atoms with E-state index in [9.17, 15) is 133 Å². The van der Waals surface area contributed by atoms with E-state index in [0.29, 0.717) is 0 Å². The van der Waals surface area contributed by atoms with E-state index in [1.807, 2.05) is 0 Å². The molecule has 0 bridgehead atoms. The summed E-state index contributed by atoms with van der Waals surface area (Å²) < 4.78 is 84.9. The minimum atomic E-state index is -2.38. The van der Waals surface area contributed by atoms with Crippen molar-refractivity contribution in [2.24, 2.45) is 0 Å². The van der Waals surface area contributed by atoms with Crippen LogP contribution in [-0.2, 0) is 71.1 Å². The number of hydrogen-bond acceptors (Lipinski definition) is 41. The molecule has 41 heteroatoms. The molecule has 0 unspecified atom stereocenters. The van der Waals surface area contributed by atoms with Gasteiger partial charge in [-0.05, 0) is 0 Å². The highest BCUT2D eigenvalue weighted by Crippen LogP contribution is 2.38. The van der Waals surface area contributed by atoms with Gasteiger partial charge in [-0.15, -0.1) is 0 Å². The normalized spacial score (nSPS) is 53.6. The van der Waals surface area contributed by atoms with E-state index in [4.69, 9.17) is 71.1 Å². The molecule has 89 heavy (non-hydrogen) atoms. The van der Waals surface area contributed by atoms with Crippen LogP contribution in [0.15, 0.2) is 0 Å². The predicted octanol–water partition coefficient (Wildman–Crippen LogP) is -18.5. The molecule has 0 aromatic heterocycles. The number of aliphatic hydroxyl groups excluding tert-OH is 26. The summed E-state index contributed by atoms with van der Waals surface area (Å²) in [5.41, 5.74) is 0. The topological polar surface area (TPSA) is 664 Å². The van der Waals surface area contributed by atoms with Crippen molar-refractivity contribution < 1.29 is 204 Å². The van der Waals surface area contributed by atoms with Gasteiger partial charge >= 0.3 is 0 Å². The standard InChI is InChI=1S/C48H82O41/c49-1-9-17(55)25(63)31(69)43(78-9)85-37-24(62)16(8-76-46-38(28(66)20(58)12(4-52)81-46)87-44-32(70)26(64)18(56)10(2-50)79-44)84-42(35(37)73)75-7-15-23(61)36(34(72)41(74)77-15)86-47-40(30(68)22(60)13(5-53)82-47)89-48-39(29(67)21(59)14(6-54)83-48)88-45-33(71)27(65)19(57)11(3-51)80-45/h9-74H,1-8H2/t9-,10-,11-,12-,13-,14-,15-,16-,17-,18-,19-,20-,21-,22-,23-,24-,25+,26+,27+,28+,29+,30+,31+,32+,33+,34+,35+,36+,37+,38+,39+,40+,41+,42+,43-,44-,45-,46+,47-,48-/m1/s1. The molecular weight excluding hydrogens is 1230 g/mol. The van der Waals surface area contributed by atoms with Gasteiger partial charge in [-0.25, -0.2) is 0 Å². The molecule has 0 aromatic rings. The fraction of sp³-hybridized carbons (Fsp3) is 1.00. The molecule has 0 radical (unpaired) electrons. The Morgan fingerprint density at radius 3 is 0.798 bits per heavy atom. The van der Waals surface area contributed by atoms with Crippen LogP contribution in [0, 0.1) is 0 Å². The fourth-order valence-corrected chi connectivity index (χ4v) is 11.2. The van der Waals surface area contributed by atoms with Crippen LogP contribution in [-0.4, -0.2) is 431 Å². The second-order valence-corrected chi connectivity index (χ2v) is 22.5. The Morgan fingerprint density at radius 2 is 0.438 bits per heavy atom. The Hall–Kier alpha value is -1.64. The maximum atomic E-state index is 11.8. The highest BCUT2D eigenvalue weighted by atomic mass is 16.8. The molecule has 8 fully saturated rings. The molecule has 8 heterocycles. The maximum absolute atomic E-state index is 11.8. The van der Waals surface area contributed by atoms with Gasteiger partial charge in [0.05, 0.1) is 52.9 Å². The van der Waals surface area contributed by atoms with Crippen LogP contribution < -0.4 is 0 Å². The fourth-order valence-electron chi connectivity index (χ4n) is 11.2. The van der Waals surface area contributed by atoms with Gasteiger partial charge < -0.3 is 204 Å². The first-order valence-electron chi connectivity index (χ1n) is 28.2. The molecule has 40 atom stereocenters. The summed E-state index contributed by atoms with van der Waals surface area (Å²) in [5, 5.41) is 279. The molecule has 0 spiro atoms. The van der Waals surface area contributed by atoms with Gasteiger partial charge in [-0.1, -0.05) is 0 Å². The molecule has 0 saturated carbocycles. The third kappa shape index (κ3) is 15.3. The van der Waals surface area contributed by atoms with Crippen LogP contribution in [0.25, 0.3) is 0 Å². The summed E-state index contributed by atoms with van der Waals surface area (Å²) in [6, 6.07) is 0. The van der Waals surface area contributed by atoms with Crippen molar-refractivity contribution in [3.63, 3.8) is 0 Å². The first-order valence-corrected chi connectivity index (χ1v) is 28.2. The van der Waals surface area contributed by atoms with Crippen LogP contribution in [0.2, 0.25) is 0 Å². The van der Waals surface area contributed by atoms with Gasteiger partial charge in [0.15, 0.2) is 50.3 Å². The zero-order valence-electron chi connectivity index (χ0n) is 46.5. The number of ether oxygens (including phenoxy) is 15. The van der Waals surface area contributed by atoms with Crippen molar-refractivity contribution in [1.29, 1.82) is 0 Å². The Bertz CT molecular complexity index is 2130. The third-order valence-electron chi connectivity index (χ3n) is 16.6. The molecular formula is C48H82O41. The number of rotatable bonds is 22. The number of aliphatic hydroxyl groups is 26. The lowest BCUT2D eigenvalue weighted by Gasteiger charge is -2.49. The lowest BCUT2D eigenvalue weighted by Crippen LogP contribution is -2.68. The van der Waals surface area contributed by atoms with Crippen molar-refractivity contribution in [2.45, 2.75) is 246 Å². The molecule has 26 N–H and O–H groups in total. The minimum Gasteiger partial charge on any atom is -0.394 e. The minimum absolute atomic E-state index is 0.927. The summed E-state index contributed by atoms with van der Waals surface area (Å²) in [4.78, 5) is 0. The first kappa shape index (κ1) is 73.2. The molecule has 8 rings (SSSR count). The van der Waals surface area contributed by atoms with Gasteiger partial charge in [0.1, 0.15) is 195 Å². The van der Waals surface area contributed by atoms with Crippen molar-refractivity contribution in [2.75, 3.05) is 52.9 Å². The summed E-state index contributed by atoms with van der Waals surface area (Å²) in [7, 11) is 0. The molecule has 8 aliphatic heterocycles. The molecule has 0 aromatic carbocycles. The van der Waals surface area contributed by atoms with Gasteiger partial charge in [0, 0.05) is 0 Å². The van der Waals surface area contributed by atoms with E-state index in [2.05, 4.69) is 0 Å². The molecule has 8 saturated heterocycles. The van der Waals surface area contributed by atoms with E-state index in [1.165, 1.54) is 0 Å². The lowest BCUT2D eigenvalue weighted by molar-refractivity contribution is -0.404. The van der Waals surface area contributed by atoms with Gasteiger partial charge in [0.2, 0.25) is 0 Å². The zero-order valence-corrected chi connectivity index (χ0v) is 46.5. The predicted molar refractivity (Wildman–Crippen MR) is 264 cm³/mol. The van der Waals surface area contributed by atoms with Crippen molar-refractivity contribution in [3.05, 3.63) is 0 Å². The number of hydrogen-bond donors (Lipinski definition) is 26. The molecule has 0 amide bonds. The maximum Gasteiger partial charge on any atom is 0.187 e. The Morgan fingerprint density at radius 1 is 0.191 bits per heavy atom. The van der Waals surface area contributed by atoms with Gasteiger partial charge in [0.25, 0.3) is 0 Å².